The maximum atomic E-state index is 5.81. The van der Waals surface area contributed by atoms with Gasteiger partial charge in [0.15, 0.2) is 0 Å². The number of allylic oxidation sites excluding steroid dienone is 3. The van der Waals surface area contributed by atoms with Crippen LogP contribution in [0, 0.1) is 0 Å². The van der Waals surface area contributed by atoms with Crippen molar-refractivity contribution in [1.29, 1.82) is 0 Å². The summed E-state index contributed by atoms with van der Waals surface area (Å²) in [7, 11) is 1.66. The van der Waals surface area contributed by atoms with Gasteiger partial charge in [0.1, 0.15) is 5.76 Å². The van der Waals surface area contributed by atoms with E-state index in [0.717, 1.165) is 36.5 Å². The van der Waals surface area contributed by atoms with Gasteiger partial charge in [-0.25, -0.2) is 0 Å². The zero-order valence-electron chi connectivity index (χ0n) is 8.58. The minimum absolute atomic E-state index is 0.618. The van der Waals surface area contributed by atoms with Gasteiger partial charge in [-0.15, -0.1) is 6.58 Å². The van der Waals surface area contributed by atoms with E-state index in [0.29, 0.717) is 6.61 Å². The summed E-state index contributed by atoms with van der Waals surface area (Å²) in [5.41, 5.74) is 6.61. The average Bonchev–Trinajstić information content (AvgIpc) is 2.21. The fraction of sp³-hybridized carbons (Fsp3) is 0.455. The quantitative estimate of drug-likeness (QED) is 0.539. The van der Waals surface area contributed by atoms with Crippen molar-refractivity contribution >= 4 is 0 Å². The molecule has 78 valence electrons. The van der Waals surface area contributed by atoms with Crippen LogP contribution in [0.5, 0.6) is 0 Å². The van der Waals surface area contributed by atoms with E-state index in [1.54, 1.807) is 7.11 Å². The summed E-state index contributed by atoms with van der Waals surface area (Å²) in [6.45, 7) is 4.24. The fourth-order valence-electron chi connectivity index (χ4n) is 1.24. The zero-order valence-corrected chi connectivity index (χ0v) is 8.58. The lowest BCUT2D eigenvalue weighted by atomic mass is 10.1. The highest BCUT2D eigenvalue weighted by atomic mass is 16.5. The molecule has 1 aliphatic carbocycles. The van der Waals surface area contributed by atoms with E-state index < -0.39 is 0 Å². The van der Waals surface area contributed by atoms with Gasteiger partial charge in [-0.05, 0) is 12.8 Å². The molecule has 0 amide bonds. The van der Waals surface area contributed by atoms with Crippen LogP contribution in [0.2, 0.25) is 0 Å². The molecular formula is C11H17NO2. The maximum absolute atomic E-state index is 5.81. The second-order valence-corrected chi connectivity index (χ2v) is 3.13. The van der Waals surface area contributed by atoms with Crippen LogP contribution < -0.4 is 5.73 Å². The fourth-order valence-corrected chi connectivity index (χ4v) is 1.24. The molecule has 0 bridgehead atoms. The van der Waals surface area contributed by atoms with E-state index in [1.807, 2.05) is 12.2 Å². The predicted octanol–water partition coefficient (Wildman–Crippen LogP) is 2.07. The van der Waals surface area contributed by atoms with Crippen molar-refractivity contribution in [2.24, 2.45) is 5.73 Å². The number of rotatable bonds is 5. The standard InChI is InChI=1S/C11H17NO2/c1-3-4-7-14-11-8-9(13-2)5-6-10(11)12/h3,8H,1,4-7,12H2,2H3. The van der Waals surface area contributed by atoms with Crippen molar-refractivity contribution in [1.82, 2.24) is 0 Å². The predicted molar refractivity (Wildman–Crippen MR) is 56.3 cm³/mol. The molecular weight excluding hydrogens is 178 g/mol. The summed E-state index contributed by atoms with van der Waals surface area (Å²) in [6, 6.07) is 0. The van der Waals surface area contributed by atoms with E-state index in [-0.39, 0.29) is 0 Å². The van der Waals surface area contributed by atoms with E-state index >= 15 is 0 Å². The van der Waals surface area contributed by atoms with Crippen LogP contribution in [-0.4, -0.2) is 13.7 Å². The zero-order chi connectivity index (χ0) is 10.4. The van der Waals surface area contributed by atoms with Gasteiger partial charge in [-0.2, -0.15) is 0 Å². The molecule has 14 heavy (non-hydrogen) atoms. The second-order valence-electron chi connectivity index (χ2n) is 3.13. The number of hydrogen-bond acceptors (Lipinski definition) is 3. The van der Waals surface area contributed by atoms with Crippen LogP contribution in [0.15, 0.2) is 35.9 Å². The lowest BCUT2D eigenvalue weighted by Gasteiger charge is -2.17. The third kappa shape index (κ3) is 2.83. The third-order valence-electron chi connectivity index (χ3n) is 2.09. The first-order valence-corrected chi connectivity index (χ1v) is 4.74. The number of hydrogen-bond donors (Lipinski definition) is 1. The van der Waals surface area contributed by atoms with Crippen LogP contribution in [0.1, 0.15) is 19.3 Å². The van der Waals surface area contributed by atoms with Crippen molar-refractivity contribution in [3.05, 3.63) is 35.9 Å². The largest absolute Gasteiger partial charge is 0.501 e. The Balaban J connectivity index is 2.55. The molecule has 1 aliphatic rings. The summed E-state index contributed by atoms with van der Waals surface area (Å²) in [5, 5.41) is 0. The number of methoxy groups -OCH3 is 1. The molecule has 1 rings (SSSR count). The highest BCUT2D eigenvalue weighted by Gasteiger charge is 2.12. The summed E-state index contributed by atoms with van der Waals surface area (Å²) in [5.74, 6) is 1.67. The van der Waals surface area contributed by atoms with Crippen molar-refractivity contribution in [3.63, 3.8) is 0 Å². The molecule has 0 saturated carbocycles. The molecule has 3 nitrogen and oxygen atoms in total. The van der Waals surface area contributed by atoms with Gasteiger partial charge < -0.3 is 15.2 Å². The molecule has 0 aromatic rings. The lowest BCUT2D eigenvalue weighted by Crippen LogP contribution is -2.10. The Kier molecular flexibility index (Phi) is 4.11. The van der Waals surface area contributed by atoms with Crippen molar-refractivity contribution < 1.29 is 9.47 Å². The van der Waals surface area contributed by atoms with Crippen molar-refractivity contribution in [2.45, 2.75) is 19.3 Å². The number of ether oxygens (including phenoxy) is 2. The summed E-state index contributed by atoms with van der Waals surface area (Å²) in [6.07, 6.45) is 6.18. The SMILES string of the molecule is C=CCCOC1=C(N)CCC(OC)=C1. The molecule has 0 radical (unpaired) electrons. The Morgan fingerprint density at radius 2 is 2.36 bits per heavy atom. The van der Waals surface area contributed by atoms with Crippen LogP contribution in [0.25, 0.3) is 0 Å². The van der Waals surface area contributed by atoms with Crippen LogP contribution in [0.4, 0.5) is 0 Å². The minimum atomic E-state index is 0.618. The highest BCUT2D eigenvalue weighted by Crippen LogP contribution is 2.21. The molecule has 0 spiro atoms. The normalized spacial score (nSPS) is 16.2. The van der Waals surface area contributed by atoms with E-state index in [4.69, 9.17) is 15.2 Å². The first kappa shape index (κ1) is 10.7. The summed E-state index contributed by atoms with van der Waals surface area (Å²) >= 11 is 0. The lowest BCUT2D eigenvalue weighted by molar-refractivity contribution is 0.212. The van der Waals surface area contributed by atoms with Gasteiger partial charge >= 0.3 is 0 Å². The van der Waals surface area contributed by atoms with Gasteiger partial charge in [0.25, 0.3) is 0 Å². The first-order valence-electron chi connectivity index (χ1n) is 4.74. The van der Waals surface area contributed by atoms with Crippen LogP contribution in [0.3, 0.4) is 0 Å². The van der Waals surface area contributed by atoms with Gasteiger partial charge in [0, 0.05) is 12.5 Å². The molecule has 0 aromatic heterocycles. The van der Waals surface area contributed by atoms with E-state index in [2.05, 4.69) is 6.58 Å². The summed E-state index contributed by atoms with van der Waals surface area (Å²) in [4.78, 5) is 0. The topological polar surface area (TPSA) is 44.5 Å². The molecule has 0 unspecified atom stereocenters. The molecule has 0 fully saturated rings. The van der Waals surface area contributed by atoms with Gasteiger partial charge in [-0.1, -0.05) is 6.08 Å². The molecule has 2 N–H and O–H groups in total. The first-order chi connectivity index (χ1) is 6.77. The monoisotopic (exact) mass is 195 g/mol. The Hall–Kier alpha value is -1.38. The number of nitrogens with two attached hydrogens (primary N) is 1. The molecule has 0 heterocycles. The molecule has 3 heteroatoms. The van der Waals surface area contributed by atoms with Gasteiger partial charge in [-0.3, -0.25) is 0 Å². The minimum Gasteiger partial charge on any atom is -0.501 e. The average molecular weight is 195 g/mol. The van der Waals surface area contributed by atoms with Gasteiger partial charge in [0.05, 0.1) is 25.2 Å². The highest BCUT2D eigenvalue weighted by molar-refractivity contribution is 5.25. The van der Waals surface area contributed by atoms with E-state index in [9.17, 15) is 0 Å². The molecule has 0 saturated heterocycles. The third-order valence-corrected chi connectivity index (χ3v) is 2.09. The van der Waals surface area contributed by atoms with E-state index in [1.165, 1.54) is 0 Å². The molecule has 0 aromatic carbocycles. The Labute approximate surface area is 84.9 Å². The summed E-state index contributed by atoms with van der Waals surface area (Å²) < 4.78 is 10.6. The Morgan fingerprint density at radius 1 is 1.57 bits per heavy atom. The maximum Gasteiger partial charge on any atom is 0.141 e. The second kappa shape index (κ2) is 5.37. The molecule has 0 atom stereocenters. The van der Waals surface area contributed by atoms with Crippen molar-refractivity contribution in [3.8, 4) is 0 Å². The smallest absolute Gasteiger partial charge is 0.141 e. The molecule has 0 aliphatic heterocycles. The Morgan fingerprint density at radius 3 is 3.00 bits per heavy atom. The Bertz CT molecular complexity index is 266. The van der Waals surface area contributed by atoms with Crippen LogP contribution in [-0.2, 0) is 9.47 Å². The van der Waals surface area contributed by atoms with Crippen LogP contribution >= 0.6 is 0 Å². The van der Waals surface area contributed by atoms with Gasteiger partial charge in [0.2, 0.25) is 0 Å². The van der Waals surface area contributed by atoms with Crippen molar-refractivity contribution in [2.75, 3.05) is 13.7 Å².